The molecule has 1 fully saturated rings. The van der Waals surface area contributed by atoms with Crippen molar-refractivity contribution in [2.24, 2.45) is 0 Å². The highest BCUT2D eigenvalue weighted by Crippen LogP contribution is 2.27. The largest absolute Gasteiger partial charge is 0.318 e. The SMILES string of the molecule is Cc1ccc(-n2c(C)cc(/C=C3\C(=O)NC(=S)N(c4ccccc4F)C3=O)c2C)cc1C. The summed E-state index contributed by atoms with van der Waals surface area (Å²) in [4.78, 5) is 26.8. The van der Waals surface area contributed by atoms with E-state index in [0.29, 0.717) is 0 Å². The van der Waals surface area contributed by atoms with Crippen LogP contribution < -0.4 is 10.2 Å². The van der Waals surface area contributed by atoms with Gasteiger partial charge < -0.3 is 4.57 Å². The van der Waals surface area contributed by atoms with Gasteiger partial charge in [-0.15, -0.1) is 0 Å². The van der Waals surface area contributed by atoms with Crippen LogP contribution in [0.15, 0.2) is 54.1 Å². The van der Waals surface area contributed by atoms with E-state index >= 15 is 0 Å². The molecule has 32 heavy (non-hydrogen) atoms. The molecule has 0 unspecified atom stereocenters. The molecule has 0 spiro atoms. The number of para-hydroxylation sites is 1. The van der Waals surface area contributed by atoms with E-state index in [4.69, 9.17) is 12.2 Å². The first-order chi connectivity index (χ1) is 15.2. The number of aromatic nitrogens is 1. The van der Waals surface area contributed by atoms with Crippen LogP contribution >= 0.6 is 12.2 Å². The van der Waals surface area contributed by atoms with E-state index in [0.717, 1.165) is 27.5 Å². The number of anilines is 1. The Labute approximate surface area is 191 Å². The normalized spacial score (nSPS) is 15.5. The van der Waals surface area contributed by atoms with Crippen LogP contribution in [-0.2, 0) is 9.59 Å². The maximum absolute atomic E-state index is 14.4. The van der Waals surface area contributed by atoms with Gasteiger partial charge >= 0.3 is 0 Å². The molecule has 3 aromatic rings. The number of hydrogen-bond acceptors (Lipinski definition) is 3. The fraction of sp³-hybridized carbons (Fsp3) is 0.160. The molecule has 1 N–H and O–H groups in total. The van der Waals surface area contributed by atoms with E-state index in [9.17, 15) is 14.0 Å². The second-order valence-electron chi connectivity index (χ2n) is 7.84. The molecule has 1 aromatic heterocycles. The summed E-state index contributed by atoms with van der Waals surface area (Å²) >= 11 is 5.15. The highest BCUT2D eigenvalue weighted by Gasteiger charge is 2.35. The minimum Gasteiger partial charge on any atom is -0.318 e. The Kier molecular flexibility index (Phi) is 5.52. The molecule has 0 saturated carbocycles. The molecule has 1 aliphatic heterocycles. The molecule has 2 heterocycles. The molecular formula is C25H22FN3O2S. The molecule has 162 valence electrons. The average molecular weight is 448 g/mol. The number of halogens is 1. The van der Waals surface area contributed by atoms with Crippen LogP contribution in [0.5, 0.6) is 0 Å². The van der Waals surface area contributed by atoms with Gasteiger partial charge in [-0.05, 0) is 93.0 Å². The van der Waals surface area contributed by atoms with Crippen molar-refractivity contribution in [1.29, 1.82) is 0 Å². The number of nitrogens with zero attached hydrogens (tertiary/aromatic N) is 2. The summed E-state index contributed by atoms with van der Waals surface area (Å²) in [6.07, 6.45) is 1.53. The molecule has 4 rings (SSSR count). The molecule has 1 saturated heterocycles. The first kappa shape index (κ1) is 21.6. The molecule has 0 atom stereocenters. The number of carbonyl (C=O) groups is 2. The monoisotopic (exact) mass is 447 g/mol. The molecule has 2 amide bonds. The predicted molar refractivity (Wildman–Crippen MR) is 127 cm³/mol. The fourth-order valence-electron chi connectivity index (χ4n) is 3.86. The number of thiocarbonyl (C=S) groups is 1. The molecule has 7 heteroatoms. The van der Waals surface area contributed by atoms with E-state index in [1.165, 1.54) is 35.4 Å². The Morgan fingerprint density at radius 3 is 2.38 bits per heavy atom. The number of nitrogens with one attached hydrogen (secondary N) is 1. The van der Waals surface area contributed by atoms with Gasteiger partial charge in [0.25, 0.3) is 11.8 Å². The fourth-order valence-corrected chi connectivity index (χ4v) is 4.13. The quantitative estimate of drug-likeness (QED) is 0.360. The summed E-state index contributed by atoms with van der Waals surface area (Å²) in [6.45, 7) is 8.01. The van der Waals surface area contributed by atoms with Crippen LogP contribution in [0.2, 0.25) is 0 Å². The van der Waals surface area contributed by atoms with E-state index in [-0.39, 0.29) is 16.4 Å². The minimum atomic E-state index is -0.667. The van der Waals surface area contributed by atoms with Crippen molar-refractivity contribution in [1.82, 2.24) is 9.88 Å². The van der Waals surface area contributed by atoms with Crippen LogP contribution in [0, 0.1) is 33.5 Å². The van der Waals surface area contributed by atoms with Crippen molar-refractivity contribution in [3.05, 3.63) is 88.0 Å². The third kappa shape index (κ3) is 3.65. The summed E-state index contributed by atoms with van der Waals surface area (Å²) in [5, 5.41) is 2.35. The Morgan fingerprint density at radius 1 is 0.969 bits per heavy atom. The van der Waals surface area contributed by atoms with Gasteiger partial charge in [-0.25, -0.2) is 9.29 Å². The molecule has 5 nitrogen and oxygen atoms in total. The van der Waals surface area contributed by atoms with Gasteiger partial charge in [0.1, 0.15) is 11.4 Å². The van der Waals surface area contributed by atoms with Gasteiger partial charge in [-0.1, -0.05) is 18.2 Å². The third-order valence-electron chi connectivity index (χ3n) is 5.71. The Morgan fingerprint density at radius 2 is 1.69 bits per heavy atom. The van der Waals surface area contributed by atoms with Crippen LogP contribution in [0.3, 0.4) is 0 Å². The number of aryl methyl sites for hydroxylation is 3. The Balaban J connectivity index is 1.78. The Bertz CT molecular complexity index is 1320. The first-order valence-electron chi connectivity index (χ1n) is 10.1. The lowest BCUT2D eigenvalue weighted by Gasteiger charge is -2.29. The lowest BCUT2D eigenvalue weighted by atomic mass is 10.1. The van der Waals surface area contributed by atoms with Gasteiger partial charge in [-0.3, -0.25) is 14.9 Å². The molecule has 0 bridgehead atoms. The second kappa shape index (κ2) is 8.16. The third-order valence-corrected chi connectivity index (χ3v) is 6.00. The van der Waals surface area contributed by atoms with Crippen molar-refractivity contribution in [3.8, 4) is 5.69 Å². The molecule has 0 aliphatic carbocycles. The van der Waals surface area contributed by atoms with E-state index in [1.54, 1.807) is 6.07 Å². The van der Waals surface area contributed by atoms with Crippen LogP contribution in [0.4, 0.5) is 10.1 Å². The molecule has 0 radical (unpaired) electrons. The maximum Gasteiger partial charge on any atom is 0.270 e. The second-order valence-corrected chi connectivity index (χ2v) is 8.23. The van der Waals surface area contributed by atoms with E-state index in [1.807, 2.05) is 26.0 Å². The van der Waals surface area contributed by atoms with E-state index in [2.05, 4.69) is 35.9 Å². The summed E-state index contributed by atoms with van der Waals surface area (Å²) in [5.41, 5.74) is 5.82. The zero-order valence-corrected chi connectivity index (χ0v) is 19.0. The van der Waals surface area contributed by atoms with Crippen LogP contribution in [-0.4, -0.2) is 21.5 Å². The Hall–Kier alpha value is -3.58. The van der Waals surface area contributed by atoms with Crippen molar-refractivity contribution >= 4 is 40.9 Å². The van der Waals surface area contributed by atoms with Gasteiger partial charge in [0.05, 0.1) is 5.69 Å². The summed E-state index contributed by atoms with van der Waals surface area (Å²) < 4.78 is 16.4. The number of amides is 2. The number of rotatable bonds is 3. The van der Waals surface area contributed by atoms with Gasteiger partial charge in [-0.2, -0.15) is 0 Å². The lowest BCUT2D eigenvalue weighted by Crippen LogP contribution is -2.54. The first-order valence-corrected chi connectivity index (χ1v) is 10.5. The highest BCUT2D eigenvalue weighted by atomic mass is 32.1. The van der Waals surface area contributed by atoms with Crippen molar-refractivity contribution in [3.63, 3.8) is 0 Å². The van der Waals surface area contributed by atoms with Crippen molar-refractivity contribution in [2.45, 2.75) is 27.7 Å². The topological polar surface area (TPSA) is 54.3 Å². The molecule has 2 aromatic carbocycles. The number of benzene rings is 2. The zero-order chi connectivity index (χ0) is 23.2. The van der Waals surface area contributed by atoms with Crippen LogP contribution in [0.25, 0.3) is 11.8 Å². The standard InChI is InChI=1S/C25H22FN3O2S/c1-14-9-10-19(11-15(14)2)28-16(3)12-18(17(28)4)13-20-23(30)27-25(32)29(24(20)31)22-8-6-5-7-21(22)26/h5-13H,1-4H3,(H,27,30,32)/b20-13+. The average Bonchev–Trinajstić information content (AvgIpc) is 3.01. The van der Waals surface area contributed by atoms with Crippen LogP contribution in [0.1, 0.15) is 28.1 Å². The van der Waals surface area contributed by atoms with Gasteiger partial charge in [0, 0.05) is 17.1 Å². The highest BCUT2D eigenvalue weighted by molar-refractivity contribution is 7.80. The minimum absolute atomic E-state index is 0.00555. The lowest BCUT2D eigenvalue weighted by molar-refractivity contribution is -0.122. The molecular weight excluding hydrogens is 425 g/mol. The van der Waals surface area contributed by atoms with E-state index < -0.39 is 17.6 Å². The maximum atomic E-state index is 14.4. The van der Waals surface area contributed by atoms with Gasteiger partial charge in [0.15, 0.2) is 5.11 Å². The zero-order valence-electron chi connectivity index (χ0n) is 18.2. The summed E-state index contributed by atoms with van der Waals surface area (Å²) in [7, 11) is 0. The van der Waals surface area contributed by atoms with Crippen molar-refractivity contribution in [2.75, 3.05) is 4.90 Å². The summed E-state index contributed by atoms with van der Waals surface area (Å²) in [5.74, 6) is -1.88. The number of hydrogen-bond donors (Lipinski definition) is 1. The molecule has 1 aliphatic rings. The van der Waals surface area contributed by atoms with Crippen molar-refractivity contribution < 1.29 is 14.0 Å². The van der Waals surface area contributed by atoms with Gasteiger partial charge in [0.2, 0.25) is 0 Å². The predicted octanol–water partition coefficient (Wildman–Crippen LogP) is 4.68. The summed E-state index contributed by atoms with van der Waals surface area (Å²) in [6, 6.07) is 13.9. The smallest absolute Gasteiger partial charge is 0.270 e. The number of carbonyl (C=O) groups excluding carboxylic acids is 2.